The van der Waals surface area contributed by atoms with Crippen molar-refractivity contribution < 1.29 is 19.4 Å². The predicted molar refractivity (Wildman–Crippen MR) is 36.6 cm³/mol. The summed E-state index contributed by atoms with van der Waals surface area (Å²) in [6.07, 6.45) is 3.54. The van der Waals surface area contributed by atoms with Crippen molar-refractivity contribution in [2.24, 2.45) is 0 Å². The molecule has 0 aliphatic heterocycles. The minimum absolute atomic E-state index is 0.213. The van der Waals surface area contributed by atoms with Gasteiger partial charge in [-0.1, -0.05) is 5.92 Å². The van der Waals surface area contributed by atoms with Crippen LogP contribution in [-0.2, 0) is 14.3 Å². The summed E-state index contributed by atoms with van der Waals surface area (Å²) in [5, 5.41) is 16.2. The lowest BCUT2D eigenvalue weighted by Crippen LogP contribution is -2.22. The van der Waals surface area contributed by atoms with Gasteiger partial charge in [0.05, 0.1) is 12.5 Å². The molecule has 0 saturated carbocycles. The van der Waals surface area contributed by atoms with Gasteiger partial charge in [0.15, 0.2) is 6.10 Å². The Balaban J connectivity index is 4.07. The number of esters is 1. The minimum Gasteiger partial charge on any atom is -0.473 e. The van der Waals surface area contributed by atoms with E-state index in [1.54, 1.807) is 6.07 Å². The average molecular weight is 167 g/mol. The largest absolute Gasteiger partial charge is 0.473 e. The molecule has 0 spiro atoms. The fourth-order valence-electron chi connectivity index (χ4n) is 0.397. The van der Waals surface area contributed by atoms with Gasteiger partial charge in [0.1, 0.15) is 0 Å². The number of terminal acetylenes is 1. The van der Waals surface area contributed by atoms with Gasteiger partial charge in [-0.15, -0.1) is 6.42 Å². The number of aliphatic carboxylic acids is 1. The molecule has 0 aliphatic rings. The first-order valence-electron chi connectivity index (χ1n) is 2.88. The predicted octanol–water partition coefficient (Wildman–Crippen LogP) is -0.470. The summed E-state index contributed by atoms with van der Waals surface area (Å²) >= 11 is 0. The van der Waals surface area contributed by atoms with E-state index in [4.69, 9.17) is 16.8 Å². The first-order valence-corrected chi connectivity index (χ1v) is 2.88. The summed E-state index contributed by atoms with van der Waals surface area (Å²) in [6.45, 7) is 0. The molecular weight excluding hydrogens is 162 g/mol. The zero-order chi connectivity index (χ0) is 9.56. The van der Waals surface area contributed by atoms with Gasteiger partial charge in [-0.2, -0.15) is 5.26 Å². The van der Waals surface area contributed by atoms with Crippen molar-refractivity contribution in [3.63, 3.8) is 0 Å². The van der Waals surface area contributed by atoms with E-state index in [0.717, 1.165) is 0 Å². The molecule has 0 aliphatic carbocycles. The molecule has 1 N–H and O–H groups in total. The number of nitrogens with zero attached hydrogens (tertiary/aromatic N) is 1. The number of rotatable bonds is 2. The van der Waals surface area contributed by atoms with Crippen LogP contribution in [0.15, 0.2) is 0 Å². The molecule has 0 amide bonds. The summed E-state index contributed by atoms with van der Waals surface area (Å²) in [5.74, 6) is -1.22. The highest BCUT2D eigenvalue weighted by molar-refractivity contribution is 6.28. The van der Waals surface area contributed by atoms with E-state index >= 15 is 0 Å². The zero-order valence-electron chi connectivity index (χ0n) is 5.98. The molecule has 0 bridgehead atoms. The van der Waals surface area contributed by atoms with Gasteiger partial charge in [0.25, 0.3) is 0 Å². The molecule has 5 nitrogen and oxygen atoms in total. The van der Waals surface area contributed by atoms with Crippen LogP contribution in [0.4, 0.5) is 0 Å². The van der Waals surface area contributed by atoms with Crippen molar-refractivity contribution in [2.45, 2.75) is 12.5 Å². The van der Waals surface area contributed by atoms with Crippen LogP contribution < -0.4 is 0 Å². The minimum atomic E-state index is -1.73. The van der Waals surface area contributed by atoms with Crippen LogP contribution in [0.3, 0.4) is 0 Å². The molecule has 0 aromatic carbocycles. The molecule has 0 heterocycles. The molecule has 1 unspecified atom stereocenters. The van der Waals surface area contributed by atoms with Crippen molar-refractivity contribution in [1.29, 1.82) is 5.26 Å². The normalized spacial score (nSPS) is 10.5. The number of ether oxygens (including phenoxy) is 1. The van der Waals surface area contributed by atoms with Gasteiger partial charge < -0.3 is 9.84 Å². The fraction of sp³-hybridized carbons (Fsp3) is 0.286. The van der Waals surface area contributed by atoms with Gasteiger partial charge in [-0.3, -0.25) is 0 Å². The number of carbonyl (C=O) groups is 2. The molecule has 0 saturated heterocycles. The lowest BCUT2D eigenvalue weighted by Gasteiger charge is -2.04. The Hall–Kier alpha value is -2.01. The molecule has 0 aromatic rings. The number of carboxylic acid groups (broad SMARTS) is 1. The second kappa shape index (κ2) is 4.75. The monoisotopic (exact) mass is 167 g/mol. The maximum atomic E-state index is 10.4. The van der Waals surface area contributed by atoms with Crippen molar-refractivity contribution in [3.05, 3.63) is 0 Å². The molecule has 0 aromatic heterocycles. The third-order valence-electron chi connectivity index (χ3n) is 0.886. The maximum absolute atomic E-state index is 10.4. The van der Waals surface area contributed by atoms with Gasteiger partial charge in [0, 0.05) is 0 Å². The second-order valence-corrected chi connectivity index (χ2v) is 1.73. The Morgan fingerprint density at radius 3 is 2.58 bits per heavy atom. The van der Waals surface area contributed by atoms with Crippen LogP contribution in [-0.4, -0.2) is 23.1 Å². The first-order chi connectivity index (χ1) is 5.61. The van der Waals surface area contributed by atoms with E-state index < -0.39 is 18.0 Å². The third kappa shape index (κ3) is 3.23. The quantitative estimate of drug-likeness (QED) is 0.341. The third-order valence-corrected chi connectivity index (χ3v) is 0.886. The molecule has 0 radical (unpaired) electrons. The van der Waals surface area contributed by atoms with Crippen LogP contribution in [0.2, 0.25) is 0 Å². The summed E-state index contributed by atoms with van der Waals surface area (Å²) in [4.78, 5) is 20.3. The Morgan fingerprint density at radius 2 is 2.25 bits per heavy atom. The smallest absolute Gasteiger partial charge is 0.418 e. The highest BCUT2D eigenvalue weighted by Crippen LogP contribution is 1.95. The van der Waals surface area contributed by atoms with E-state index in [9.17, 15) is 9.59 Å². The molecule has 1 atom stereocenters. The van der Waals surface area contributed by atoms with Crippen molar-refractivity contribution in [2.75, 3.05) is 0 Å². The number of nitriles is 1. The Morgan fingerprint density at radius 1 is 1.67 bits per heavy atom. The molecule has 0 fully saturated rings. The van der Waals surface area contributed by atoms with Gasteiger partial charge in [-0.05, 0) is 0 Å². The highest BCUT2D eigenvalue weighted by Gasteiger charge is 2.17. The summed E-state index contributed by atoms with van der Waals surface area (Å²) in [6, 6.07) is 1.65. The SMILES string of the molecule is C#CC(CC#N)OC(=O)C(=O)O. The Kier molecular flexibility index (Phi) is 3.96. The number of carboxylic acids is 1. The zero-order valence-corrected chi connectivity index (χ0v) is 5.98. The van der Waals surface area contributed by atoms with Gasteiger partial charge >= 0.3 is 11.9 Å². The van der Waals surface area contributed by atoms with Gasteiger partial charge in [-0.25, -0.2) is 9.59 Å². The van der Waals surface area contributed by atoms with Crippen LogP contribution in [0, 0.1) is 23.7 Å². The van der Waals surface area contributed by atoms with E-state index in [1.807, 2.05) is 5.92 Å². The average Bonchev–Trinajstić information content (AvgIpc) is 2.03. The molecular formula is C7H5NO4. The Bertz CT molecular complexity index is 270. The molecule has 12 heavy (non-hydrogen) atoms. The highest BCUT2D eigenvalue weighted by atomic mass is 16.6. The molecule has 0 rings (SSSR count). The topological polar surface area (TPSA) is 87.4 Å². The van der Waals surface area contributed by atoms with Crippen LogP contribution in [0.5, 0.6) is 0 Å². The number of hydrogen-bond acceptors (Lipinski definition) is 4. The van der Waals surface area contributed by atoms with Crippen molar-refractivity contribution in [1.82, 2.24) is 0 Å². The van der Waals surface area contributed by atoms with Crippen molar-refractivity contribution in [3.8, 4) is 18.4 Å². The van der Waals surface area contributed by atoms with E-state index in [2.05, 4.69) is 4.74 Å². The Labute approximate surface area is 68.6 Å². The van der Waals surface area contributed by atoms with Gasteiger partial charge in [0.2, 0.25) is 0 Å². The lowest BCUT2D eigenvalue weighted by molar-refractivity contribution is -0.165. The second-order valence-electron chi connectivity index (χ2n) is 1.73. The van der Waals surface area contributed by atoms with Crippen molar-refractivity contribution >= 4 is 11.9 Å². The summed E-state index contributed by atoms with van der Waals surface area (Å²) < 4.78 is 4.20. The molecule has 5 heteroatoms. The van der Waals surface area contributed by atoms with E-state index in [1.165, 1.54) is 0 Å². The van der Waals surface area contributed by atoms with E-state index in [0.29, 0.717) is 0 Å². The summed E-state index contributed by atoms with van der Waals surface area (Å²) in [5.41, 5.74) is 0. The number of hydrogen-bond donors (Lipinski definition) is 1. The standard InChI is InChI=1S/C7H5NO4/c1-2-5(3-4-8)12-7(11)6(9)10/h1,5H,3H2,(H,9,10). The van der Waals surface area contributed by atoms with Crippen LogP contribution in [0.1, 0.15) is 6.42 Å². The first kappa shape index (κ1) is 9.99. The van der Waals surface area contributed by atoms with Crippen LogP contribution >= 0.6 is 0 Å². The van der Waals surface area contributed by atoms with E-state index in [-0.39, 0.29) is 6.42 Å². The van der Waals surface area contributed by atoms with Crippen LogP contribution in [0.25, 0.3) is 0 Å². The molecule has 62 valence electrons. The summed E-state index contributed by atoms with van der Waals surface area (Å²) in [7, 11) is 0. The maximum Gasteiger partial charge on any atom is 0.418 e. The fourth-order valence-corrected chi connectivity index (χ4v) is 0.397. The lowest BCUT2D eigenvalue weighted by atomic mass is 10.3. The number of carbonyl (C=O) groups excluding carboxylic acids is 1.